The predicted molar refractivity (Wildman–Crippen MR) is 81.5 cm³/mol. The Labute approximate surface area is 116 Å². The summed E-state index contributed by atoms with van der Waals surface area (Å²) in [6.45, 7) is 8.18. The molecule has 102 valence electrons. The van der Waals surface area contributed by atoms with Crippen molar-refractivity contribution in [2.24, 2.45) is 5.92 Å². The molecule has 0 saturated heterocycles. The summed E-state index contributed by atoms with van der Waals surface area (Å²) in [7, 11) is 0. The van der Waals surface area contributed by atoms with Crippen LogP contribution in [-0.2, 0) is 6.42 Å². The standard InChI is InChI=1S/C16H27NS/c1-4-12(2)5-8-16-15(9-10-18-16)13(3)11-17-14-6-7-14/h9-10,12-14,17H,4-8,11H2,1-3H3. The monoisotopic (exact) mass is 265 g/mol. The Morgan fingerprint density at radius 2 is 2.17 bits per heavy atom. The second-order valence-electron chi connectivity index (χ2n) is 5.93. The molecule has 1 N–H and O–H groups in total. The van der Waals surface area contributed by atoms with Crippen molar-refractivity contribution in [2.75, 3.05) is 6.54 Å². The van der Waals surface area contributed by atoms with Gasteiger partial charge in [-0.2, -0.15) is 0 Å². The van der Waals surface area contributed by atoms with Crippen molar-refractivity contribution in [3.63, 3.8) is 0 Å². The lowest BCUT2D eigenvalue weighted by molar-refractivity contribution is 0.516. The topological polar surface area (TPSA) is 12.0 Å². The van der Waals surface area contributed by atoms with Crippen LogP contribution in [0.5, 0.6) is 0 Å². The molecule has 1 aliphatic carbocycles. The van der Waals surface area contributed by atoms with Crippen molar-refractivity contribution >= 4 is 11.3 Å². The number of aryl methyl sites for hydroxylation is 1. The van der Waals surface area contributed by atoms with Crippen molar-refractivity contribution in [3.8, 4) is 0 Å². The molecule has 1 aromatic heterocycles. The molecule has 1 nitrogen and oxygen atoms in total. The third kappa shape index (κ3) is 4.10. The summed E-state index contributed by atoms with van der Waals surface area (Å²) in [4.78, 5) is 1.63. The van der Waals surface area contributed by atoms with E-state index in [4.69, 9.17) is 0 Å². The average molecular weight is 265 g/mol. The predicted octanol–water partition coefficient (Wildman–Crippen LogP) is 4.58. The average Bonchev–Trinajstić information content (AvgIpc) is 3.09. The Bertz CT molecular complexity index is 354. The first kappa shape index (κ1) is 14.1. The first-order valence-corrected chi connectivity index (χ1v) is 8.38. The lowest BCUT2D eigenvalue weighted by atomic mass is 9.96. The van der Waals surface area contributed by atoms with Gasteiger partial charge in [-0.3, -0.25) is 0 Å². The minimum Gasteiger partial charge on any atom is -0.313 e. The van der Waals surface area contributed by atoms with Crippen LogP contribution in [-0.4, -0.2) is 12.6 Å². The van der Waals surface area contributed by atoms with Gasteiger partial charge in [0.1, 0.15) is 0 Å². The number of rotatable bonds is 8. The van der Waals surface area contributed by atoms with Gasteiger partial charge in [0, 0.05) is 17.5 Å². The first-order valence-electron chi connectivity index (χ1n) is 7.50. The maximum Gasteiger partial charge on any atom is 0.00805 e. The third-order valence-corrected chi connectivity index (χ3v) is 5.16. The minimum absolute atomic E-state index is 0.670. The van der Waals surface area contributed by atoms with Crippen LogP contribution in [0.2, 0.25) is 0 Å². The highest BCUT2D eigenvalue weighted by Crippen LogP contribution is 2.28. The van der Waals surface area contributed by atoms with Crippen molar-refractivity contribution in [3.05, 3.63) is 21.9 Å². The largest absolute Gasteiger partial charge is 0.313 e. The second-order valence-corrected chi connectivity index (χ2v) is 6.94. The molecular formula is C16H27NS. The summed E-state index contributed by atoms with van der Waals surface area (Å²) >= 11 is 1.95. The molecule has 2 heteroatoms. The van der Waals surface area contributed by atoms with E-state index < -0.39 is 0 Å². The van der Waals surface area contributed by atoms with Crippen LogP contribution in [0.15, 0.2) is 11.4 Å². The van der Waals surface area contributed by atoms with Crippen LogP contribution in [0.25, 0.3) is 0 Å². The maximum absolute atomic E-state index is 3.65. The summed E-state index contributed by atoms with van der Waals surface area (Å²) in [6, 6.07) is 3.17. The van der Waals surface area contributed by atoms with Gasteiger partial charge in [-0.15, -0.1) is 11.3 Å². The SMILES string of the molecule is CCC(C)CCc1sccc1C(C)CNC1CC1. The zero-order valence-electron chi connectivity index (χ0n) is 12.0. The number of hydrogen-bond acceptors (Lipinski definition) is 2. The summed E-state index contributed by atoms with van der Waals surface area (Å²) in [5.41, 5.74) is 1.59. The summed E-state index contributed by atoms with van der Waals surface area (Å²) in [6.07, 6.45) is 6.69. The van der Waals surface area contributed by atoms with E-state index in [2.05, 4.69) is 37.5 Å². The molecule has 1 fully saturated rings. The van der Waals surface area contributed by atoms with Gasteiger partial charge < -0.3 is 5.32 Å². The zero-order chi connectivity index (χ0) is 13.0. The van der Waals surface area contributed by atoms with Gasteiger partial charge in [-0.1, -0.05) is 27.2 Å². The smallest absolute Gasteiger partial charge is 0.00805 e. The Balaban J connectivity index is 1.84. The fraction of sp³-hybridized carbons (Fsp3) is 0.750. The minimum atomic E-state index is 0.670. The Morgan fingerprint density at radius 1 is 1.39 bits per heavy atom. The van der Waals surface area contributed by atoms with Gasteiger partial charge >= 0.3 is 0 Å². The molecule has 1 heterocycles. The molecule has 0 amide bonds. The van der Waals surface area contributed by atoms with Crippen LogP contribution in [0, 0.1) is 5.92 Å². The van der Waals surface area contributed by atoms with Crippen LogP contribution >= 0.6 is 11.3 Å². The van der Waals surface area contributed by atoms with Gasteiger partial charge in [0.15, 0.2) is 0 Å². The Kier molecular flexibility index (Phi) is 5.25. The summed E-state index contributed by atoms with van der Waals surface area (Å²) < 4.78 is 0. The van der Waals surface area contributed by atoms with Crippen LogP contribution in [0.3, 0.4) is 0 Å². The van der Waals surface area contributed by atoms with Gasteiger partial charge in [-0.25, -0.2) is 0 Å². The molecular weight excluding hydrogens is 238 g/mol. The van der Waals surface area contributed by atoms with Crippen molar-refractivity contribution < 1.29 is 0 Å². The highest BCUT2D eigenvalue weighted by Gasteiger charge is 2.22. The molecule has 18 heavy (non-hydrogen) atoms. The first-order chi connectivity index (χ1) is 8.70. The van der Waals surface area contributed by atoms with E-state index in [0.29, 0.717) is 5.92 Å². The van der Waals surface area contributed by atoms with E-state index in [1.54, 1.807) is 10.4 Å². The molecule has 0 bridgehead atoms. The van der Waals surface area contributed by atoms with Crippen molar-refractivity contribution in [1.82, 2.24) is 5.32 Å². The number of hydrogen-bond donors (Lipinski definition) is 1. The molecule has 1 saturated carbocycles. The second kappa shape index (κ2) is 6.72. The van der Waals surface area contributed by atoms with E-state index in [1.807, 2.05) is 11.3 Å². The van der Waals surface area contributed by atoms with Gasteiger partial charge in [-0.05, 0) is 54.5 Å². The maximum atomic E-state index is 3.65. The van der Waals surface area contributed by atoms with E-state index in [-0.39, 0.29) is 0 Å². The molecule has 0 radical (unpaired) electrons. The van der Waals surface area contributed by atoms with E-state index in [1.165, 1.54) is 32.1 Å². The molecule has 0 aromatic carbocycles. The third-order valence-electron chi connectivity index (χ3n) is 4.16. The molecule has 1 aliphatic rings. The van der Waals surface area contributed by atoms with Gasteiger partial charge in [0.25, 0.3) is 0 Å². The van der Waals surface area contributed by atoms with Crippen LogP contribution < -0.4 is 5.32 Å². The van der Waals surface area contributed by atoms with E-state index in [0.717, 1.165) is 18.5 Å². The fourth-order valence-corrected chi connectivity index (χ4v) is 3.34. The fourth-order valence-electron chi connectivity index (χ4n) is 2.32. The number of thiophene rings is 1. The van der Waals surface area contributed by atoms with E-state index in [9.17, 15) is 0 Å². The molecule has 0 spiro atoms. The van der Waals surface area contributed by atoms with Crippen molar-refractivity contribution in [2.45, 2.75) is 64.8 Å². The lowest BCUT2D eigenvalue weighted by Crippen LogP contribution is -2.22. The number of nitrogens with one attached hydrogen (secondary N) is 1. The quantitative estimate of drug-likeness (QED) is 0.725. The Hall–Kier alpha value is -0.340. The molecule has 1 aromatic rings. The Morgan fingerprint density at radius 3 is 2.83 bits per heavy atom. The van der Waals surface area contributed by atoms with Crippen molar-refractivity contribution in [1.29, 1.82) is 0 Å². The summed E-state index contributed by atoms with van der Waals surface area (Å²) in [5.74, 6) is 1.53. The van der Waals surface area contributed by atoms with Crippen LogP contribution in [0.1, 0.15) is 62.8 Å². The lowest BCUT2D eigenvalue weighted by Gasteiger charge is -2.14. The normalized spacial score (nSPS) is 18.8. The summed E-state index contributed by atoms with van der Waals surface area (Å²) in [5, 5.41) is 5.93. The van der Waals surface area contributed by atoms with Gasteiger partial charge in [0.05, 0.1) is 0 Å². The molecule has 2 rings (SSSR count). The highest BCUT2D eigenvalue weighted by atomic mass is 32.1. The molecule has 2 unspecified atom stereocenters. The molecule has 0 aliphatic heterocycles. The van der Waals surface area contributed by atoms with E-state index >= 15 is 0 Å². The highest BCUT2D eigenvalue weighted by molar-refractivity contribution is 7.10. The van der Waals surface area contributed by atoms with Crippen LogP contribution in [0.4, 0.5) is 0 Å². The van der Waals surface area contributed by atoms with Gasteiger partial charge in [0.2, 0.25) is 0 Å². The zero-order valence-corrected chi connectivity index (χ0v) is 12.9. The molecule has 2 atom stereocenters.